The summed E-state index contributed by atoms with van der Waals surface area (Å²) in [4.78, 5) is 21.4. The number of rotatable bonds is 5. The van der Waals surface area contributed by atoms with Crippen molar-refractivity contribution >= 4 is 5.69 Å². The number of nitrogens with zero attached hydrogens (tertiary/aromatic N) is 2. The summed E-state index contributed by atoms with van der Waals surface area (Å²) < 4.78 is 1.57. The van der Waals surface area contributed by atoms with Crippen molar-refractivity contribution < 1.29 is 10.2 Å². The van der Waals surface area contributed by atoms with E-state index in [1.807, 2.05) is 30.3 Å². The number of aromatic nitrogens is 3. The molecule has 0 bridgehead atoms. The van der Waals surface area contributed by atoms with Crippen molar-refractivity contribution in [1.29, 1.82) is 0 Å². The van der Waals surface area contributed by atoms with E-state index < -0.39 is 0 Å². The molecule has 2 heterocycles. The minimum Gasteiger partial charge on any atom is -0.508 e. The Labute approximate surface area is 189 Å². The van der Waals surface area contributed by atoms with E-state index in [9.17, 15) is 15.0 Å². The number of phenols is 2. The quantitative estimate of drug-likeness (QED) is 0.246. The third-order valence-electron chi connectivity index (χ3n) is 5.61. The normalized spacial score (nSPS) is 11.2. The molecule has 0 saturated carbocycles. The number of nitrogens with one attached hydrogen (secondary N) is 1. The topological polar surface area (TPSA) is 117 Å². The fourth-order valence-corrected chi connectivity index (χ4v) is 3.91. The number of phenolic OH excluding ortho intramolecular Hbond substituents is 2. The van der Waals surface area contributed by atoms with Crippen LogP contribution in [0.5, 0.6) is 11.5 Å². The number of hydrogen-bond donors (Lipinski definition) is 4. The second kappa shape index (κ2) is 8.20. The highest BCUT2D eigenvalue weighted by Crippen LogP contribution is 2.26. The van der Waals surface area contributed by atoms with E-state index in [4.69, 9.17) is 5.73 Å². The molecule has 0 saturated heterocycles. The molecule has 0 unspecified atom stereocenters. The highest BCUT2D eigenvalue weighted by atomic mass is 16.3. The molecule has 0 atom stereocenters. The molecule has 3 aromatic rings. The van der Waals surface area contributed by atoms with Crippen LogP contribution in [0.3, 0.4) is 0 Å². The van der Waals surface area contributed by atoms with Crippen LogP contribution in [0, 0.1) is 0 Å². The second-order valence-electron chi connectivity index (χ2n) is 7.98. The molecule has 0 amide bonds. The maximum absolute atomic E-state index is 13.3. The average Bonchev–Trinajstić information content (AvgIpc) is 3.13. The highest BCUT2D eigenvalue weighted by molar-refractivity contribution is 5.61. The molecule has 0 aromatic heterocycles. The van der Waals surface area contributed by atoms with Gasteiger partial charge in [-0.05, 0) is 53.1 Å². The summed E-state index contributed by atoms with van der Waals surface area (Å²) in [5.41, 5.74) is 10.5. The molecular weight excluding hydrogens is 416 g/mol. The Kier molecular flexibility index (Phi) is 5.06. The molecule has 7 nitrogen and oxygen atoms in total. The van der Waals surface area contributed by atoms with Gasteiger partial charge in [0.05, 0.1) is 17.1 Å². The summed E-state index contributed by atoms with van der Waals surface area (Å²) in [6.45, 7) is 0. The van der Waals surface area contributed by atoms with Gasteiger partial charge < -0.3 is 20.9 Å². The number of H-pyrrole nitrogens is 1. The maximum atomic E-state index is 13.3. The number of imidazole rings is 1. The molecule has 164 valence electrons. The summed E-state index contributed by atoms with van der Waals surface area (Å²) in [6, 6.07) is 21.7. The Morgan fingerprint density at radius 2 is 1.67 bits per heavy atom. The zero-order valence-electron chi connectivity index (χ0n) is 17.7. The van der Waals surface area contributed by atoms with Crippen LogP contribution >= 0.6 is 0 Å². The summed E-state index contributed by atoms with van der Waals surface area (Å²) in [6.07, 6.45) is 2.60. The number of nitrogen functional groups attached to an aromatic ring is 1. The fourth-order valence-electron chi connectivity index (χ4n) is 3.91. The third kappa shape index (κ3) is 4.04. The van der Waals surface area contributed by atoms with E-state index in [0.717, 1.165) is 28.1 Å². The number of hydrogen-bond acceptors (Lipinski definition) is 5. The zero-order chi connectivity index (χ0) is 22.9. The van der Waals surface area contributed by atoms with Crippen LogP contribution in [-0.2, 0) is 12.8 Å². The number of anilines is 1. The first kappa shape index (κ1) is 20.4. The maximum Gasteiger partial charge on any atom is 0.278 e. The first-order valence-electron chi connectivity index (χ1n) is 10.5. The van der Waals surface area contributed by atoms with E-state index in [0.29, 0.717) is 24.4 Å². The molecule has 0 aliphatic carbocycles. The summed E-state index contributed by atoms with van der Waals surface area (Å²) in [7, 11) is 0. The molecule has 0 radical (unpaired) electrons. The molecule has 33 heavy (non-hydrogen) atoms. The Hall–Kier alpha value is -4.52. The van der Waals surface area contributed by atoms with Crippen LogP contribution < -0.4 is 11.3 Å². The van der Waals surface area contributed by atoms with Gasteiger partial charge in [0.1, 0.15) is 17.2 Å². The van der Waals surface area contributed by atoms with E-state index in [2.05, 4.69) is 9.97 Å². The number of benzene rings is 3. The zero-order valence-corrected chi connectivity index (χ0v) is 17.7. The van der Waals surface area contributed by atoms with Gasteiger partial charge in [0, 0.05) is 19.0 Å². The molecule has 5 rings (SSSR count). The largest absolute Gasteiger partial charge is 0.508 e. The summed E-state index contributed by atoms with van der Waals surface area (Å²) in [5, 5.41) is 19.3. The SMILES string of the molecule is Nc1cc(Cc2nc3c(Cc4ccccc4)[nH]c(-c4ccc(O)cc4)cn-3c2=O)ccc1O. The molecular formula is C26H22N4O3. The van der Waals surface area contributed by atoms with Crippen LogP contribution in [-0.4, -0.2) is 24.7 Å². The molecule has 5 N–H and O–H groups in total. The molecule has 0 fully saturated rings. The van der Waals surface area contributed by atoms with Gasteiger partial charge >= 0.3 is 0 Å². The van der Waals surface area contributed by atoms with Gasteiger partial charge in [0.2, 0.25) is 0 Å². The van der Waals surface area contributed by atoms with Crippen molar-refractivity contribution in [2.75, 3.05) is 5.73 Å². The van der Waals surface area contributed by atoms with E-state index >= 15 is 0 Å². The van der Waals surface area contributed by atoms with E-state index in [-0.39, 0.29) is 22.7 Å². The summed E-state index contributed by atoms with van der Waals surface area (Å²) in [5.74, 6) is 0.745. The van der Waals surface area contributed by atoms with Gasteiger partial charge in [-0.25, -0.2) is 4.98 Å². The van der Waals surface area contributed by atoms with E-state index in [1.54, 1.807) is 47.2 Å². The van der Waals surface area contributed by atoms with Gasteiger partial charge in [-0.15, -0.1) is 0 Å². The van der Waals surface area contributed by atoms with Crippen LogP contribution in [0.1, 0.15) is 22.5 Å². The highest BCUT2D eigenvalue weighted by Gasteiger charge is 2.20. The Bertz CT molecular complexity index is 1450. The van der Waals surface area contributed by atoms with Crippen molar-refractivity contribution in [2.45, 2.75) is 12.8 Å². The lowest BCUT2D eigenvalue weighted by molar-refractivity contribution is 0.475. The fraction of sp³-hybridized carbons (Fsp3) is 0.0769. The number of aromatic amines is 1. The Morgan fingerprint density at radius 3 is 2.39 bits per heavy atom. The lowest BCUT2D eigenvalue weighted by Crippen LogP contribution is -2.17. The number of fused-ring (bicyclic) bond motifs is 1. The number of aromatic hydroxyl groups is 2. The molecule has 2 aliphatic rings. The molecule has 0 spiro atoms. The number of nitrogens with two attached hydrogens (primary N) is 1. The van der Waals surface area contributed by atoms with Crippen molar-refractivity contribution in [2.24, 2.45) is 0 Å². The monoisotopic (exact) mass is 438 g/mol. The Morgan fingerprint density at radius 1 is 0.909 bits per heavy atom. The van der Waals surface area contributed by atoms with Gasteiger partial charge in [0.25, 0.3) is 5.56 Å². The van der Waals surface area contributed by atoms with Gasteiger partial charge in [-0.2, -0.15) is 0 Å². The van der Waals surface area contributed by atoms with Crippen molar-refractivity contribution in [1.82, 2.24) is 14.5 Å². The molecule has 7 heteroatoms. The first-order valence-corrected chi connectivity index (χ1v) is 10.5. The second-order valence-corrected chi connectivity index (χ2v) is 7.98. The molecule has 3 aromatic carbocycles. The minimum absolute atomic E-state index is 0.00869. The lowest BCUT2D eigenvalue weighted by Gasteiger charge is -2.13. The van der Waals surface area contributed by atoms with Gasteiger partial charge in [0.15, 0.2) is 5.82 Å². The minimum atomic E-state index is -0.208. The van der Waals surface area contributed by atoms with E-state index in [1.165, 1.54) is 6.07 Å². The van der Waals surface area contributed by atoms with Crippen LogP contribution in [0.25, 0.3) is 17.1 Å². The third-order valence-corrected chi connectivity index (χ3v) is 5.61. The lowest BCUT2D eigenvalue weighted by atomic mass is 10.1. The van der Waals surface area contributed by atoms with Crippen LogP contribution in [0.4, 0.5) is 5.69 Å². The predicted molar refractivity (Wildman–Crippen MR) is 127 cm³/mol. The molecule has 2 aliphatic heterocycles. The van der Waals surface area contributed by atoms with Gasteiger partial charge in [-0.3, -0.25) is 9.36 Å². The Balaban J connectivity index is 1.63. The standard InChI is InChI=1S/C26H22N4O3/c27-20-12-17(6-11-24(20)32)14-22-26(33)30-15-23(18-7-9-19(31)10-8-18)28-21(25(30)29-22)13-16-4-2-1-3-5-16/h1-12,15,28,31-32H,13-14,27H2. The van der Waals surface area contributed by atoms with Gasteiger partial charge in [-0.1, -0.05) is 36.4 Å². The predicted octanol–water partition coefficient (Wildman–Crippen LogP) is 3.84. The van der Waals surface area contributed by atoms with Crippen molar-refractivity contribution in [3.63, 3.8) is 0 Å². The first-order chi connectivity index (χ1) is 16.0. The van der Waals surface area contributed by atoms with Crippen molar-refractivity contribution in [3.8, 4) is 28.6 Å². The van der Waals surface area contributed by atoms with Crippen LogP contribution in [0.2, 0.25) is 0 Å². The van der Waals surface area contributed by atoms with Crippen LogP contribution in [0.15, 0.2) is 83.8 Å². The van der Waals surface area contributed by atoms with Crippen molar-refractivity contribution in [3.05, 3.63) is 112 Å². The smallest absolute Gasteiger partial charge is 0.278 e. The average molecular weight is 438 g/mol. The summed E-state index contributed by atoms with van der Waals surface area (Å²) >= 11 is 0.